The predicted octanol–water partition coefficient (Wildman–Crippen LogP) is 2.92. The van der Waals surface area contributed by atoms with Gasteiger partial charge >= 0.3 is 0 Å². The van der Waals surface area contributed by atoms with Crippen LogP contribution in [0.25, 0.3) is 0 Å². The molecule has 0 aromatic carbocycles. The molecule has 3 nitrogen and oxygen atoms in total. The number of carbonyl (C=O) groups excluding carboxylic acids is 1. The Balaban J connectivity index is 1.92. The van der Waals surface area contributed by atoms with Crippen molar-refractivity contribution >= 4 is 5.91 Å². The highest BCUT2D eigenvalue weighted by atomic mass is 19.1. The molecule has 1 saturated carbocycles. The topological polar surface area (TPSA) is 42.0 Å². The maximum Gasteiger partial charge on any atom is 0.253 e. The van der Waals surface area contributed by atoms with Crippen molar-refractivity contribution in [1.82, 2.24) is 10.3 Å². The van der Waals surface area contributed by atoms with Crippen LogP contribution in [0.5, 0.6) is 0 Å². The summed E-state index contributed by atoms with van der Waals surface area (Å²) in [5.41, 5.74) is 0.425. The van der Waals surface area contributed by atoms with E-state index in [0.29, 0.717) is 5.56 Å². The largest absolute Gasteiger partial charge is 0.349 e. The van der Waals surface area contributed by atoms with Gasteiger partial charge in [0, 0.05) is 12.2 Å². The Hall–Kier alpha value is -1.45. The first kappa shape index (κ1) is 13.0. The van der Waals surface area contributed by atoms with Crippen molar-refractivity contribution in [2.24, 2.45) is 5.92 Å². The maximum absolute atomic E-state index is 12.7. The van der Waals surface area contributed by atoms with Crippen LogP contribution in [0.1, 0.15) is 49.4 Å². The summed E-state index contributed by atoms with van der Waals surface area (Å²) in [6.07, 6.45) is 6.90. The predicted molar refractivity (Wildman–Crippen MR) is 67.7 cm³/mol. The first-order valence-corrected chi connectivity index (χ1v) is 6.57. The summed E-state index contributed by atoms with van der Waals surface area (Å²) in [5, 5.41) is 3.01. The second-order valence-corrected chi connectivity index (χ2v) is 5.15. The summed E-state index contributed by atoms with van der Waals surface area (Å²) in [5.74, 6) is 0.0382. The number of aromatic nitrogens is 1. The zero-order valence-corrected chi connectivity index (χ0v) is 10.7. The number of hydrogen-bond acceptors (Lipinski definition) is 2. The third-order valence-corrected chi connectivity index (χ3v) is 3.58. The van der Waals surface area contributed by atoms with E-state index < -0.39 is 5.95 Å². The molecule has 1 aromatic heterocycles. The first-order valence-electron chi connectivity index (χ1n) is 6.57. The summed E-state index contributed by atoms with van der Waals surface area (Å²) in [6.45, 7) is 2.26. The minimum atomic E-state index is -0.560. The number of hydrogen-bond donors (Lipinski definition) is 1. The van der Waals surface area contributed by atoms with Crippen molar-refractivity contribution in [1.29, 1.82) is 0 Å². The lowest BCUT2D eigenvalue weighted by molar-refractivity contribution is 0.0932. The molecule has 4 heteroatoms. The lowest BCUT2D eigenvalue weighted by atomic mass is 10.0. The van der Waals surface area contributed by atoms with Crippen LogP contribution in [-0.4, -0.2) is 16.9 Å². The summed E-state index contributed by atoms with van der Waals surface area (Å²) < 4.78 is 12.7. The van der Waals surface area contributed by atoms with Crippen molar-refractivity contribution in [3.63, 3.8) is 0 Å². The van der Waals surface area contributed by atoms with E-state index >= 15 is 0 Å². The molecule has 1 aromatic rings. The fraction of sp³-hybridized carbons (Fsp3) is 0.571. The van der Waals surface area contributed by atoms with Crippen LogP contribution < -0.4 is 5.32 Å². The van der Waals surface area contributed by atoms with E-state index in [9.17, 15) is 9.18 Å². The average Bonchev–Trinajstić information content (AvgIpc) is 2.55. The van der Waals surface area contributed by atoms with Crippen LogP contribution in [0.3, 0.4) is 0 Å². The molecule has 0 saturated heterocycles. The van der Waals surface area contributed by atoms with E-state index in [1.54, 1.807) is 0 Å². The van der Waals surface area contributed by atoms with Gasteiger partial charge in [-0.3, -0.25) is 4.79 Å². The van der Waals surface area contributed by atoms with E-state index in [1.807, 2.05) is 0 Å². The minimum Gasteiger partial charge on any atom is -0.349 e. The van der Waals surface area contributed by atoms with Gasteiger partial charge in [-0.25, -0.2) is 4.98 Å². The highest BCUT2D eigenvalue weighted by molar-refractivity contribution is 5.94. The highest BCUT2D eigenvalue weighted by Crippen LogP contribution is 2.22. The van der Waals surface area contributed by atoms with Gasteiger partial charge in [-0.05, 0) is 37.3 Å². The second kappa shape index (κ2) is 5.94. The number of amides is 1. The summed E-state index contributed by atoms with van der Waals surface area (Å²) >= 11 is 0. The van der Waals surface area contributed by atoms with Crippen LogP contribution >= 0.6 is 0 Å². The smallest absolute Gasteiger partial charge is 0.253 e. The number of nitrogens with one attached hydrogen (secondary N) is 1. The fourth-order valence-corrected chi connectivity index (χ4v) is 2.41. The Morgan fingerprint density at radius 3 is 2.89 bits per heavy atom. The van der Waals surface area contributed by atoms with Gasteiger partial charge in [-0.2, -0.15) is 4.39 Å². The summed E-state index contributed by atoms with van der Waals surface area (Å²) in [6, 6.07) is 2.92. The molecule has 1 amide bonds. The van der Waals surface area contributed by atoms with E-state index in [4.69, 9.17) is 0 Å². The van der Waals surface area contributed by atoms with E-state index in [0.717, 1.165) is 31.6 Å². The quantitative estimate of drug-likeness (QED) is 0.647. The van der Waals surface area contributed by atoms with Crippen LogP contribution in [0.2, 0.25) is 0 Å². The minimum absolute atomic E-state index is 0.151. The van der Waals surface area contributed by atoms with Crippen molar-refractivity contribution in [2.75, 3.05) is 0 Å². The molecule has 2 rings (SSSR count). The van der Waals surface area contributed by atoms with Gasteiger partial charge in [0.05, 0.1) is 5.56 Å². The molecule has 2 unspecified atom stereocenters. The van der Waals surface area contributed by atoms with Crippen molar-refractivity contribution < 1.29 is 9.18 Å². The standard InChI is InChI=1S/C14H19FN2O/c1-10-3-2-4-12(7-5-10)17-14(18)11-6-8-13(15)16-9-11/h6,8-10,12H,2-5,7H2,1H3,(H,17,18). The SMILES string of the molecule is CC1CCCC(NC(=O)c2ccc(F)nc2)CC1. The van der Waals surface area contributed by atoms with Gasteiger partial charge in [-0.1, -0.05) is 19.8 Å². The average molecular weight is 250 g/mol. The number of nitrogens with zero attached hydrogens (tertiary/aromatic N) is 1. The molecule has 0 aliphatic heterocycles. The molecule has 0 bridgehead atoms. The zero-order chi connectivity index (χ0) is 13.0. The molecular weight excluding hydrogens is 231 g/mol. The third kappa shape index (κ3) is 3.52. The Morgan fingerprint density at radius 1 is 1.33 bits per heavy atom. The third-order valence-electron chi connectivity index (χ3n) is 3.58. The Kier molecular flexibility index (Phi) is 4.28. The summed E-state index contributed by atoms with van der Waals surface area (Å²) in [4.78, 5) is 15.4. The number of rotatable bonds is 2. The van der Waals surface area contributed by atoms with Crippen molar-refractivity contribution in [2.45, 2.75) is 45.1 Å². The van der Waals surface area contributed by atoms with E-state index in [-0.39, 0.29) is 11.9 Å². The molecule has 1 aliphatic carbocycles. The molecule has 1 aliphatic rings. The van der Waals surface area contributed by atoms with Gasteiger partial charge in [0.25, 0.3) is 5.91 Å². The molecule has 0 radical (unpaired) electrons. The Labute approximate surface area is 107 Å². The van der Waals surface area contributed by atoms with E-state index in [1.165, 1.54) is 24.8 Å². The highest BCUT2D eigenvalue weighted by Gasteiger charge is 2.18. The summed E-state index contributed by atoms with van der Waals surface area (Å²) in [7, 11) is 0. The molecule has 2 atom stereocenters. The van der Waals surface area contributed by atoms with Gasteiger partial charge in [0.1, 0.15) is 0 Å². The first-order chi connectivity index (χ1) is 8.65. The molecular formula is C14H19FN2O. The lowest BCUT2D eigenvalue weighted by Gasteiger charge is -2.16. The fourth-order valence-electron chi connectivity index (χ4n) is 2.41. The van der Waals surface area contributed by atoms with Gasteiger partial charge in [0.2, 0.25) is 5.95 Å². The van der Waals surface area contributed by atoms with Crippen LogP contribution in [0.15, 0.2) is 18.3 Å². The maximum atomic E-state index is 12.7. The number of pyridine rings is 1. The Morgan fingerprint density at radius 2 is 2.17 bits per heavy atom. The normalized spacial score (nSPS) is 24.3. The second-order valence-electron chi connectivity index (χ2n) is 5.15. The number of halogens is 1. The van der Waals surface area contributed by atoms with Crippen LogP contribution in [-0.2, 0) is 0 Å². The van der Waals surface area contributed by atoms with E-state index in [2.05, 4.69) is 17.2 Å². The molecule has 98 valence electrons. The van der Waals surface area contributed by atoms with Gasteiger partial charge in [-0.15, -0.1) is 0 Å². The van der Waals surface area contributed by atoms with Crippen molar-refractivity contribution in [3.8, 4) is 0 Å². The number of carbonyl (C=O) groups is 1. The molecule has 1 fully saturated rings. The molecule has 1 heterocycles. The molecule has 18 heavy (non-hydrogen) atoms. The van der Waals surface area contributed by atoms with Crippen molar-refractivity contribution in [3.05, 3.63) is 29.8 Å². The Bertz CT molecular complexity index is 405. The molecule has 0 spiro atoms. The monoisotopic (exact) mass is 250 g/mol. The van der Waals surface area contributed by atoms with Gasteiger partial charge < -0.3 is 5.32 Å². The zero-order valence-electron chi connectivity index (χ0n) is 10.7. The van der Waals surface area contributed by atoms with Gasteiger partial charge in [0.15, 0.2) is 0 Å². The van der Waals surface area contributed by atoms with Crippen LogP contribution in [0, 0.1) is 11.9 Å². The lowest BCUT2D eigenvalue weighted by Crippen LogP contribution is -2.34. The van der Waals surface area contributed by atoms with Crippen LogP contribution in [0.4, 0.5) is 4.39 Å². The molecule has 1 N–H and O–H groups in total.